The van der Waals surface area contributed by atoms with E-state index in [4.69, 9.17) is 9.84 Å². The summed E-state index contributed by atoms with van der Waals surface area (Å²) in [6.07, 6.45) is 0. The molecule has 0 atom stereocenters. The van der Waals surface area contributed by atoms with Gasteiger partial charge in [-0.05, 0) is 17.7 Å². The van der Waals surface area contributed by atoms with Crippen molar-refractivity contribution in [3.8, 4) is 5.75 Å². The molecule has 0 saturated carbocycles. The van der Waals surface area contributed by atoms with E-state index in [1.54, 1.807) is 18.2 Å². The molecule has 0 unspecified atom stereocenters. The van der Waals surface area contributed by atoms with E-state index in [9.17, 15) is 9.59 Å². The molecule has 0 bridgehead atoms. The minimum Gasteiger partial charge on any atom is -0.488 e. The fourth-order valence-electron chi connectivity index (χ4n) is 1.63. The zero-order chi connectivity index (χ0) is 13.7. The molecule has 0 spiro atoms. The van der Waals surface area contributed by atoms with E-state index in [0.29, 0.717) is 0 Å². The second kappa shape index (κ2) is 5.82. The number of carboxylic acid groups (broad SMARTS) is 1. The summed E-state index contributed by atoms with van der Waals surface area (Å²) < 4.78 is 5.51. The van der Waals surface area contributed by atoms with Gasteiger partial charge in [-0.1, -0.05) is 42.5 Å². The summed E-state index contributed by atoms with van der Waals surface area (Å²) in [7, 11) is 0. The molecule has 0 aliphatic heterocycles. The van der Waals surface area contributed by atoms with Crippen LogP contribution in [-0.2, 0) is 11.4 Å². The molecule has 0 amide bonds. The molecular formula is C15H12O4. The number of hydrogen-bond donors (Lipinski definition) is 1. The van der Waals surface area contributed by atoms with Crippen LogP contribution in [0.1, 0.15) is 15.9 Å². The predicted molar refractivity (Wildman–Crippen MR) is 69.2 cm³/mol. The first kappa shape index (κ1) is 12.8. The third kappa shape index (κ3) is 3.19. The van der Waals surface area contributed by atoms with Crippen molar-refractivity contribution in [2.75, 3.05) is 0 Å². The minimum atomic E-state index is -1.49. The molecule has 1 N–H and O–H groups in total. The highest BCUT2D eigenvalue weighted by Crippen LogP contribution is 2.20. The maximum Gasteiger partial charge on any atom is 0.377 e. The normalized spacial score (nSPS) is 9.89. The quantitative estimate of drug-likeness (QED) is 0.659. The lowest BCUT2D eigenvalue weighted by atomic mass is 10.1. The lowest BCUT2D eigenvalue weighted by Crippen LogP contribution is -2.14. The highest BCUT2D eigenvalue weighted by Gasteiger charge is 2.18. The smallest absolute Gasteiger partial charge is 0.377 e. The van der Waals surface area contributed by atoms with Crippen molar-refractivity contribution in [1.82, 2.24) is 0 Å². The summed E-state index contributed by atoms with van der Waals surface area (Å²) in [5.41, 5.74) is 1.01. The van der Waals surface area contributed by atoms with Crippen LogP contribution in [0.2, 0.25) is 0 Å². The first-order valence-corrected chi connectivity index (χ1v) is 5.72. The summed E-state index contributed by atoms with van der Waals surface area (Å²) in [5, 5.41) is 8.74. The number of ether oxygens (including phenoxy) is 1. The monoisotopic (exact) mass is 256 g/mol. The Balaban J connectivity index is 2.17. The van der Waals surface area contributed by atoms with Crippen LogP contribution in [0.25, 0.3) is 0 Å². The van der Waals surface area contributed by atoms with Crippen molar-refractivity contribution >= 4 is 11.8 Å². The largest absolute Gasteiger partial charge is 0.488 e. The van der Waals surface area contributed by atoms with E-state index in [2.05, 4.69) is 0 Å². The molecule has 2 aromatic rings. The van der Waals surface area contributed by atoms with Gasteiger partial charge in [-0.3, -0.25) is 4.79 Å². The summed E-state index contributed by atoms with van der Waals surface area (Å²) in [4.78, 5) is 22.2. The molecule has 0 aromatic heterocycles. The third-order valence-corrected chi connectivity index (χ3v) is 2.56. The van der Waals surface area contributed by atoms with Crippen molar-refractivity contribution in [2.24, 2.45) is 0 Å². The Morgan fingerprint density at radius 3 is 2.26 bits per heavy atom. The van der Waals surface area contributed by atoms with Crippen LogP contribution < -0.4 is 4.74 Å². The van der Waals surface area contributed by atoms with Crippen LogP contribution in [0.3, 0.4) is 0 Å². The molecule has 4 nitrogen and oxygen atoms in total. The number of para-hydroxylation sites is 1. The van der Waals surface area contributed by atoms with Gasteiger partial charge in [-0.2, -0.15) is 0 Å². The maximum absolute atomic E-state index is 11.5. The highest BCUT2D eigenvalue weighted by atomic mass is 16.5. The molecule has 2 aromatic carbocycles. The van der Waals surface area contributed by atoms with Crippen molar-refractivity contribution in [3.63, 3.8) is 0 Å². The SMILES string of the molecule is O=C(O)C(=O)c1ccccc1OCc1ccccc1. The number of aliphatic carboxylic acids is 1. The van der Waals surface area contributed by atoms with Gasteiger partial charge in [0.1, 0.15) is 12.4 Å². The lowest BCUT2D eigenvalue weighted by molar-refractivity contribution is -0.131. The second-order valence-electron chi connectivity index (χ2n) is 3.90. The van der Waals surface area contributed by atoms with Gasteiger partial charge in [0.15, 0.2) is 0 Å². The zero-order valence-corrected chi connectivity index (χ0v) is 10.1. The summed E-state index contributed by atoms with van der Waals surface area (Å²) in [6.45, 7) is 0.282. The average Bonchev–Trinajstić information content (AvgIpc) is 2.45. The molecule has 2 rings (SSSR count). The zero-order valence-electron chi connectivity index (χ0n) is 10.1. The Bertz CT molecular complexity index is 590. The maximum atomic E-state index is 11.5. The van der Waals surface area contributed by atoms with Gasteiger partial charge in [0.25, 0.3) is 5.78 Å². The summed E-state index contributed by atoms with van der Waals surface area (Å²) in [5.74, 6) is -2.18. The average molecular weight is 256 g/mol. The van der Waals surface area contributed by atoms with Crippen LogP contribution in [-0.4, -0.2) is 16.9 Å². The molecule has 0 aliphatic carbocycles. The topological polar surface area (TPSA) is 63.6 Å². The number of carbonyl (C=O) groups is 2. The summed E-state index contributed by atoms with van der Waals surface area (Å²) >= 11 is 0. The van der Waals surface area contributed by atoms with Crippen LogP contribution in [0, 0.1) is 0 Å². The summed E-state index contributed by atoms with van der Waals surface area (Å²) in [6, 6.07) is 15.8. The number of Topliss-reactive ketones (excluding diaryl/α,β-unsaturated/α-hetero) is 1. The number of rotatable bonds is 5. The Labute approximate surface area is 110 Å². The molecule has 0 heterocycles. The molecule has 0 aliphatic rings. The van der Waals surface area contributed by atoms with Crippen molar-refractivity contribution in [2.45, 2.75) is 6.61 Å². The van der Waals surface area contributed by atoms with Crippen LogP contribution in [0.4, 0.5) is 0 Å². The Kier molecular flexibility index (Phi) is 3.93. The van der Waals surface area contributed by atoms with E-state index in [0.717, 1.165) is 5.56 Å². The molecule has 0 saturated heterocycles. The van der Waals surface area contributed by atoms with Gasteiger partial charge in [0.05, 0.1) is 5.56 Å². The van der Waals surface area contributed by atoms with E-state index in [1.165, 1.54) is 6.07 Å². The van der Waals surface area contributed by atoms with Crippen LogP contribution in [0.15, 0.2) is 54.6 Å². The van der Waals surface area contributed by atoms with Gasteiger partial charge in [-0.15, -0.1) is 0 Å². The number of benzene rings is 2. The van der Waals surface area contributed by atoms with Gasteiger partial charge in [0.2, 0.25) is 0 Å². The third-order valence-electron chi connectivity index (χ3n) is 2.56. The second-order valence-corrected chi connectivity index (χ2v) is 3.90. The first-order valence-electron chi connectivity index (χ1n) is 5.72. The molecule has 0 radical (unpaired) electrons. The Morgan fingerprint density at radius 1 is 0.947 bits per heavy atom. The van der Waals surface area contributed by atoms with Crippen molar-refractivity contribution < 1.29 is 19.4 Å². The molecule has 0 fully saturated rings. The van der Waals surface area contributed by atoms with E-state index in [1.807, 2.05) is 30.3 Å². The standard InChI is InChI=1S/C15H12O4/c16-14(15(17)18)12-8-4-5-9-13(12)19-10-11-6-2-1-3-7-11/h1-9H,10H2,(H,17,18). The van der Waals surface area contributed by atoms with Gasteiger partial charge < -0.3 is 9.84 Å². The van der Waals surface area contributed by atoms with Crippen LogP contribution in [0.5, 0.6) is 5.75 Å². The van der Waals surface area contributed by atoms with Gasteiger partial charge >= 0.3 is 5.97 Å². The molecule has 96 valence electrons. The minimum absolute atomic E-state index is 0.0610. The number of ketones is 1. The van der Waals surface area contributed by atoms with Gasteiger partial charge in [-0.25, -0.2) is 4.79 Å². The number of hydrogen-bond acceptors (Lipinski definition) is 3. The number of carbonyl (C=O) groups excluding carboxylic acids is 1. The van der Waals surface area contributed by atoms with E-state index >= 15 is 0 Å². The molecule has 4 heteroatoms. The van der Waals surface area contributed by atoms with Crippen molar-refractivity contribution in [1.29, 1.82) is 0 Å². The van der Waals surface area contributed by atoms with E-state index in [-0.39, 0.29) is 17.9 Å². The highest BCUT2D eigenvalue weighted by molar-refractivity contribution is 6.40. The van der Waals surface area contributed by atoms with Gasteiger partial charge in [0, 0.05) is 0 Å². The van der Waals surface area contributed by atoms with Crippen LogP contribution >= 0.6 is 0 Å². The first-order chi connectivity index (χ1) is 9.18. The predicted octanol–water partition coefficient (Wildman–Crippen LogP) is 2.53. The Morgan fingerprint density at radius 2 is 1.58 bits per heavy atom. The fourth-order valence-corrected chi connectivity index (χ4v) is 1.63. The fraction of sp³-hybridized carbons (Fsp3) is 0.0667. The van der Waals surface area contributed by atoms with E-state index < -0.39 is 11.8 Å². The van der Waals surface area contributed by atoms with Crippen molar-refractivity contribution in [3.05, 3.63) is 65.7 Å². The molecular weight excluding hydrogens is 244 g/mol. The Hall–Kier alpha value is -2.62. The lowest BCUT2D eigenvalue weighted by Gasteiger charge is -2.09. The number of carboxylic acids is 1. The molecule has 19 heavy (non-hydrogen) atoms.